The molecule has 2 heterocycles. The van der Waals surface area contributed by atoms with Crippen LogP contribution in [0.3, 0.4) is 0 Å². The van der Waals surface area contributed by atoms with Gasteiger partial charge >= 0.3 is 280 Å². The molecule has 0 saturated heterocycles. The third kappa shape index (κ3) is 6.10. The van der Waals surface area contributed by atoms with E-state index in [1.165, 1.54) is 44.2 Å². The van der Waals surface area contributed by atoms with Crippen molar-refractivity contribution in [2.75, 3.05) is 0 Å². The zero-order chi connectivity index (χ0) is 34.0. The molecule has 0 N–H and O–H groups in total. The van der Waals surface area contributed by atoms with Gasteiger partial charge in [-0.05, 0) is 18.6 Å². The Morgan fingerprint density at radius 1 is 0.600 bits per heavy atom. The molecule has 0 aliphatic carbocycles. The minimum atomic E-state index is -0.135. The number of pyridine rings is 1. The number of fused-ring (bicyclic) bond motifs is 1. The summed E-state index contributed by atoms with van der Waals surface area (Å²) in [6.45, 7) is 1.92. The van der Waals surface area contributed by atoms with Gasteiger partial charge in [0.15, 0.2) is 0 Å². The first-order valence-corrected chi connectivity index (χ1v) is 17.9. The fourth-order valence-electron chi connectivity index (χ4n) is 6.94. The molecule has 50 heavy (non-hydrogen) atoms. The van der Waals surface area contributed by atoms with Crippen LogP contribution in [0.4, 0.5) is 0 Å². The Bertz CT molecular complexity index is 2470. The first-order chi connectivity index (χ1) is 24.5. The number of ether oxygens (including phenoxy) is 1. The van der Waals surface area contributed by atoms with E-state index in [2.05, 4.69) is 193 Å². The molecule has 4 nitrogen and oxygen atoms in total. The second kappa shape index (κ2) is 13.8. The number of hydrogen-bond acceptors (Lipinski definition) is 2. The van der Waals surface area contributed by atoms with Gasteiger partial charge < -0.3 is 0 Å². The van der Waals surface area contributed by atoms with Crippen molar-refractivity contribution >= 4 is 34.1 Å². The minimum absolute atomic E-state index is 0.135. The molecule has 6 heteroatoms. The normalized spacial score (nSPS) is 11.1. The van der Waals surface area contributed by atoms with Crippen LogP contribution < -0.4 is 21.1 Å². The Hall–Kier alpha value is -5.51. The first kappa shape index (κ1) is 31.7. The molecule has 8 rings (SSSR count). The molecule has 0 aliphatic heterocycles. The van der Waals surface area contributed by atoms with E-state index in [1.54, 1.807) is 6.20 Å². The third-order valence-electron chi connectivity index (χ3n) is 9.24. The molecule has 0 unspecified atom stereocenters. The van der Waals surface area contributed by atoms with Gasteiger partial charge in [-0.15, -0.1) is 0 Å². The van der Waals surface area contributed by atoms with Gasteiger partial charge in [-0.3, -0.25) is 0 Å². The van der Waals surface area contributed by atoms with Crippen molar-refractivity contribution in [2.45, 2.75) is 6.92 Å². The number of hydrogen-bond donors (Lipinski definition) is 0. The number of rotatable bonds is 8. The summed E-state index contributed by atoms with van der Waals surface area (Å²) < 4.78 is 12.1. The summed E-state index contributed by atoms with van der Waals surface area (Å²) in [6.07, 6.45) is 1.79. The average Bonchev–Trinajstić information content (AvgIpc) is 3.41. The molecule has 0 fully saturated rings. The SMILES string of the molecule is Cc1ccnc(Oc2cccc(B(c3cccc(-n4[c](=[Pt])n(C)c5ccccc54)c3)c3c(-c4ccccc4)cccc3-c3ccccc3)c2)c1. The van der Waals surface area contributed by atoms with Gasteiger partial charge in [-0.25, -0.2) is 0 Å². The number of nitrogens with zero attached hydrogens (tertiary/aromatic N) is 3. The molecule has 8 aromatic rings. The standard InChI is InChI=1S/C44H34BN3O.Pt/c1-32-26-27-46-43(28-32)49-38-21-12-19-36(30-38)45(35-18-11-20-37(29-35)48-31-47(2)41-24-9-10-25-42(41)48)44-39(33-14-5-3-6-15-33)22-13-23-40(44)34-16-7-4-8-17-34;/h3-30H,1-2H3;. The van der Waals surface area contributed by atoms with E-state index in [9.17, 15) is 0 Å². The van der Waals surface area contributed by atoms with Crippen LogP contribution >= 0.6 is 0 Å². The molecule has 2 aromatic heterocycles. The molecular weight excluding hydrogens is 792 g/mol. The predicted molar refractivity (Wildman–Crippen MR) is 203 cm³/mol. The molecule has 0 amide bonds. The van der Waals surface area contributed by atoms with Crippen molar-refractivity contribution < 1.29 is 24.1 Å². The van der Waals surface area contributed by atoms with Gasteiger partial charge in [0, 0.05) is 6.20 Å². The maximum atomic E-state index is 6.39. The Morgan fingerprint density at radius 3 is 1.88 bits per heavy atom. The quantitative estimate of drug-likeness (QED) is 0.144. The second-order valence-corrected chi connectivity index (χ2v) is 13.5. The van der Waals surface area contributed by atoms with Crippen molar-refractivity contribution in [3.05, 3.63) is 179 Å². The number of aromatic nitrogens is 3. The summed E-state index contributed by atoms with van der Waals surface area (Å²) in [4.78, 5) is 4.49. The topological polar surface area (TPSA) is 32.0 Å². The molecule has 0 radical (unpaired) electrons. The summed E-state index contributed by atoms with van der Waals surface area (Å²) in [5, 5.41) is 0. The van der Waals surface area contributed by atoms with Crippen LogP contribution in [0.25, 0.3) is 39.0 Å². The van der Waals surface area contributed by atoms with E-state index in [0.29, 0.717) is 5.88 Å². The first-order valence-electron chi connectivity index (χ1n) is 16.7. The van der Waals surface area contributed by atoms with Gasteiger partial charge in [0.25, 0.3) is 0 Å². The Labute approximate surface area is 303 Å². The van der Waals surface area contributed by atoms with Gasteiger partial charge in [0.2, 0.25) is 0 Å². The van der Waals surface area contributed by atoms with Gasteiger partial charge in [-0.1, -0.05) is 0 Å². The van der Waals surface area contributed by atoms with Crippen LogP contribution in [0, 0.1) is 10.7 Å². The van der Waals surface area contributed by atoms with Gasteiger partial charge in [-0.2, -0.15) is 0 Å². The second-order valence-electron chi connectivity index (χ2n) is 12.5. The zero-order valence-corrected chi connectivity index (χ0v) is 30.1. The maximum absolute atomic E-state index is 6.39. The van der Waals surface area contributed by atoms with E-state index < -0.39 is 0 Å². The average molecular weight is 827 g/mol. The molecule has 0 saturated carbocycles. The van der Waals surface area contributed by atoms with Gasteiger partial charge in [0.1, 0.15) is 0 Å². The van der Waals surface area contributed by atoms with Crippen molar-refractivity contribution in [1.82, 2.24) is 14.1 Å². The summed E-state index contributed by atoms with van der Waals surface area (Å²) in [5.74, 6) is 1.33. The van der Waals surface area contributed by atoms with Crippen molar-refractivity contribution in [1.29, 1.82) is 0 Å². The summed E-state index contributed by atoms with van der Waals surface area (Å²) >= 11 is 2.44. The van der Waals surface area contributed by atoms with Crippen LogP contribution in [0.5, 0.6) is 11.6 Å². The Balaban J connectivity index is 1.39. The van der Waals surface area contributed by atoms with Crippen LogP contribution in [-0.2, 0) is 26.4 Å². The summed E-state index contributed by atoms with van der Waals surface area (Å²) in [7, 11) is 2.13. The molecule has 0 bridgehead atoms. The van der Waals surface area contributed by atoms with E-state index in [0.717, 1.165) is 26.3 Å². The monoisotopic (exact) mass is 826 g/mol. The molecule has 0 spiro atoms. The van der Waals surface area contributed by atoms with E-state index in [1.807, 2.05) is 18.2 Å². The molecule has 244 valence electrons. The fourth-order valence-corrected chi connectivity index (χ4v) is 7.78. The van der Waals surface area contributed by atoms with E-state index in [4.69, 9.17) is 4.74 Å². The molecule has 0 atom stereocenters. The van der Waals surface area contributed by atoms with Crippen LogP contribution in [0.15, 0.2) is 170 Å². The number of para-hydroxylation sites is 2. The Morgan fingerprint density at radius 2 is 1.20 bits per heavy atom. The predicted octanol–water partition coefficient (Wildman–Crippen LogP) is 8.39. The zero-order valence-electron chi connectivity index (χ0n) is 27.8. The number of benzene rings is 6. The van der Waals surface area contributed by atoms with Gasteiger partial charge in [0.05, 0.1) is 0 Å². The molecule has 6 aromatic carbocycles. The summed E-state index contributed by atoms with van der Waals surface area (Å²) in [5.41, 5.74) is 12.9. The fraction of sp³-hybridized carbons (Fsp3) is 0.0455. The Kier molecular flexibility index (Phi) is 8.75. The van der Waals surface area contributed by atoms with Crippen LogP contribution in [0.2, 0.25) is 0 Å². The molecular formula is C44H34BN3OPt. The van der Waals surface area contributed by atoms with Crippen molar-refractivity contribution in [3.63, 3.8) is 0 Å². The van der Waals surface area contributed by atoms with E-state index in [-0.39, 0.29) is 6.71 Å². The number of imidazole rings is 1. The van der Waals surface area contributed by atoms with E-state index >= 15 is 0 Å². The van der Waals surface area contributed by atoms with Crippen molar-refractivity contribution in [3.8, 4) is 39.6 Å². The third-order valence-corrected chi connectivity index (χ3v) is 10.5. The summed E-state index contributed by atoms with van der Waals surface area (Å²) in [6, 6.07) is 58.2. The van der Waals surface area contributed by atoms with Crippen LogP contribution in [-0.4, -0.2) is 20.8 Å². The number of aryl methyl sites for hydroxylation is 2. The van der Waals surface area contributed by atoms with Crippen molar-refractivity contribution in [2.24, 2.45) is 7.05 Å². The molecule has 0 aliphatic rings. The van der Waals surface area contributed by atoms with Crippen LogP contribution in [0.1, 0.15) is 5.56 Å².